The van der Waals surface area contributed by atoms with Gasteiger partial charge in [-0.05, 0) is 39.9 Å². The Labute approximate surface area is 127 Å². The molecule has 0 unspecified atom stereocenters. The quantitative estimate of drug-likeness (QED) is 0.902. The van der Waals surface area contributed by atoms with E-state index in [1.165, 1.54) is 16.0 Å². The summed E-state index contributed by atoms with van der Waals surface area (Å²) in [5, 5.41) is 1.05. The van der Waals surface area contributed by atoms with Crippen LogP contribution in [-0.4, -0.2) is 11.5 Å². The van der Waals surface area contributed by atoms with Crippen molar-refractivity contribution in [3.8, 4) is 10.6 Å². The summed E-state index contributed by atoms with van der Waals surface area (Å²) in [6.07, 6.45) is 0.873. The van der Waals surface area contributed by atoms with E-state index in [2.05, 4.69) is 66.0 Å². The van der Waals surface area contributed by atoms with E-state index in [1.54, 1.807) is 11.3 Å². The maximum atomic E-state index is 5.60. The normalized spacial score (nSPS) is 11.8. The van der Waals surface area contributed by atoms with Gasteiger partial charge in [-0.1, -0.05) is 45.0 Å². The highest BCUT2D eigenvalue weighted by Crippen LogP contribution is 2.32. The molecule has 0 aliphatic carbocycles. The molecule has 1 aromatic carbocycles. The first-order valence-electron chi connectivity index (χ1n) is 6.38. The van der Waals surface area contributed by atoms with Gasteiger partial charge in [-0.15, -0.1) is 11.3 Å². The molecule has 2 rings (SSSR count). The molecule has 2 aromatic rings. The predicted molar refractivity (Wildman–Crippen MR) is 86.7 cm³/mol. The molecule has 2 nitrogen and oxygen atoms in total. The fraction of sp³-hybridized carbons (Fsp3) is 0.400. The lowest BCUT2D eigenvalue weighted by Gasteiger charge is -2.18. The van der Waals surface area contributed by atoms with Crippen LogP contribution in [-0.2, 0) is 11.8 Å². The van der Waals surface area contributed by atoms with Crippen molar-refractivity contribution in [2.75, 3.05) is 6.54 Å². The van der Waals surface area contributed by atoms with Gasteiger partial charge in [0.25, 0.3) is 0 Å². The van der Waals surface area contributed by atoms with Crippen LogP contribution < -0.4 is 5.73 Å². The lowest BCUT2D eigenvalue weighted by atomic mass is 9.87. The highest BCUT2D eigenvalue weighted by Gasteiger charge is 2.14. The fourth-order valence-electron chi connectivity index (χ4n) is 1.85. The Morgan fingerprint density at radius 1 is 1.21 bits per heavy atom. The first kappa shape index (κ1) is 14.7. The van der Waals surface area contributed by atoms with E-state index >= 15 is 0 Å². The average molecular weight is 339 g/mol. The highest BCUT2D eigenvalue weighted by molar-refractivity contribution is 9.10. The van der Waals surface area contributed by atoms with E-state index in [1.807, 2.05) is 0 Å². The largest absolute Gasteiger partial charge is 0.330 e. The molecule has 1 aromatic heterocycles. The van der Waals surface area contributed by atoms with Crippen molar-refractivity contribution in [2.24, 2.45) is 5.73 Å². The van der Waals surface area contributed by atoms with Crippen molar-refractivity contribution in [3.05, 3.63) is 39.3 Å². The zero-order valence-electron chi connectivity index (χ0n) is 11.5. The average Bonchev–Trinajstić information content (AvgIpc) is 2.71. The molecule has 0 aliphatic rings. The monoisotopic (exact) mass is 338 g/mol. The minimum Gasteiger partial charge on any atom is -0.330 e. The van der Waals surface area contributed by atoms with Crippen LogP contribution in [0.1, 0.15) is 31.2 Å². The Balaban J connectivity index is 2.30. The molecule has 4 heteroatoms. The molecule has 0 saturated carbocycles. The molecule has 1 heterocycles. The first-order valence-corrected chi connectivity index (χ1v) is 7.99. The number of aromatic nitrogens is 1. The van der Waals surface area contributed by atoms with E-state index in [9.17, 15) is 0 Å². The predicted octanol–water partition coefficient (Wildman–Crippen LogP) is 4.37. The van der Waals surface area contributed by atoms with Gasteiger partial charge in [0.1, 0.15) is 9.61 Å². The molecule has 0 atom stereocenters. The van der Waals surface area contributed by atoms with Crippen molar-refractivity contribution < 1.29 is 0 Å². The van der Waals surface area contributed by atoms with Crippen molar-refractivity contribution in [3.63, 3.8) is 0 Å². The van der Waals surface area contributed by atoms with Crippen LogP contribution in [0.5, 0.6) is 0 Å². The maximum Gasteiger partial charge on any atom is 0.124 e. The molecule has 0 bridgehead atoms. The van der Waals surface area contributed by atoms with Gasteiger partial charge in [-0.3, -0.25) is 0 Å². The molecule has 0 radical (unpaired) electrons. The molecule has 0 aliphatic heterocycles. The molecule has 2 N–H and O–H groups in total. The number of halogens is 1. The smallest absolute Gasteiger partial charge is 0.124 e. The van der Waals surface area contributed by atoms with Crippen LogP contribution in [0, 0.1) is 0 Å². The van der Waals surface area contributed by atoms with Crippen LogP contribution in [0.2, 0.25) is 0 Å². The van der Waals surface area contributed by atoms with Gasteiger partial charge in [-0.25, -0.2) is 4.98 Å². The van der Waals surface area contributed by atoms with E-state index in [4.69, 9.17) is 5.73 Å². The second-order valence-electron chi connectivity index (χ2n) is 5.60. The summed E-state index contributed by atoms with van der Waals surface area (Å²) >= 11 is 5.22. The maximum absolute atomic E-state index is 5.60. The van der Waals surface area contributed by atoms with Crippen LogP contribution in [0.4, 0.5) is 0 Å². The number of nitrogens with zero attached hydrogens (tertiary/aromatic N) is 1. The van der Waals surface area contributed by atoms with Gasteiger partial charge in [0.05, 0.1) is 0 Å². The Morgan fingerprint density at radius 3 is 2.37 bits per heavy atom. The summed E-state index contributed by atoms with van der Waals surface area (Å²) < 4.78 is 0.929. The van der Waals surface area contributed by atoms with Gasteiger partial charge in [-0.2, -0.15) is 0 Å². The van der Waals surface area contributed by atoms with Crippen molar-refractivity contribution in [1.29, 1.82) is 0 Å². The van der Waals surface area contributed by atoms with Gasteiger partial charge in [0, 0.05) is 10.4 Å². The number of nitrogens with two attached hydrogens (primary N) is 1. The summed E-state index contributed by atoms with van der Waals surface area (Å²) in [5.74, 6) is 0. The summed E-state index contributed by atoms with van der Waals surface area (Å²) in [7, 11) is 0. The lowest BCUT2D eigenvalue weighted by Crippen LogP contribution is -2.10. The van der Waals surface area contributed by atoms with Crippen molar-refractivity contribution in [2.45, 2.75) is 32.6 Å². The van der Waals surface area contributed by atoms with E-state index in [-0.39, 0.29) is 5.41 Å². The zero-order valence-corrected chi connectivity index (χ0v) is 13.9. The SMILES string of the molecule is CC(C)(C)c1ccc(-c2nc(Br)c(CCN)s2)cc1. The Kier molecular flexibility index (Phi) is 4.43. The van der Waals surface area contributed by atoms with Crippen molar-refractivity contribution >= 4 is 27.3 Å². The van der Waals surface area contributed by atoms with Crippen LogP contribution in [0.3, 0.4) is 0 Å². The Hall–Kier alpha value is -0.710. The van der Waals surface area contributed by atoms with Crippen LogP contribution in [0.25, 0.3) is 10.6 Å². The first-order chi connectivity index (χ1) is 8.91. The third-order valence-corrected chi connectivity index (χ3v) is 5.10. The van der Waals surface area contributed by atoms with Gasteiger partial charge < -0.3 is 5.73 Å². The highest BCUT2D eigenvalue weighted by atomic mass is 79.9. The summed E-state index contributed by atoms with van der Waals surface area (Å²) in [6.45, 7) is 7.33. The Morgan fingerprint density at radius 2 is 1.84 bits per heavy atom. The lowest BCUT2D eigenvalue weighted by molar-refractivity contribution is 0.590. The van der Waals surface area contributed by atoms with Crippen LogP contribution >= 0.6 is 27.3 Å². The van der Waals surface area contributed by atoms with Gasteiger partial charge >= 0.3 is 0 Å². The molecule has 102 valence electrons. The summed E-state index contributed by atoms with van der Waals surface area (Å²) in [5.41, 5.74) is 8.30. The second-order valence-corrected chi connectivity index (χ2v) is 7.43. The van der Waals surface area contributed by atoms with E-state index < -0.39 is 0 Å². The third kappa shape index (κ3) is 3.44. The topological polar surface area (TPSA) is 38.9 Å². The molecule has 0 amide bonds. The zero-order chi connectivity index (χ0) is 14.0. The minimum atomic E-state index is 0.187. The van der Waals surface area contributed by atoms with E-state index in [0.717, 1.165) is 16.0 Å². The molecule has 0 spiro atoms. The van der Waals surface area contributed by atoms with Crippen LogP contribution in [0.15, 0.2) is 28.9 Å². The molecule has 0 saturated heterocycles. The summed E-state index contributed by atoms with van der Waals surface area (Å²) in [6, 6.07) is 8.68. The molecular weight excluding hydrogens is 320 g/mol. The van der Waals surface area contributed by atoms with E-state index in [0.29, 0.717) is 6.54 Å². The molecule has 0 fully saturated rings. The Bertz CT molecular complexity index is 553. The molecular formula is C15H19BrN2S. The number of rotatable bonds is 3. The summed E-state index contributed by atoms with van der Waals surface area (Å²) in [4.78, 5) is 5.79. The van der Waals surface area contributed by atoms with Gasteiger partial charge in [0.15, 0.2) is 0 Å². The number of benzene rings is 1. The van der Waals surface area contributed by atoms with Crippen molar-refractivity contribution in [1.82, 2.24) is 4.98 Å². The standard InChI is InChI=1S/C15H19BrN2S/c1-15(2,3)11-6-4-10(5-7-11)14-18-13(16)12(19-14)8-9-17/h4-7H,8-9,17H2,1-3H3. The minimum absolute atomic E-state index is 0.187. The number of hydrogen-bond donors (Lipinski definition) is 1. The molecule has 19 heavy (non-hydrogen) atoms. The van der Waals surface area contributed by atoms with Gasteiger partial charge in [0.2, 0.25) is 0 Å². The fourth-order valence-corrected chi connectivity index (χ4v) is 3.56. The number of thiazole rings is 1. The number of hydrogen-bond acceptors (Lipinski definition) is 3. The third-order valence-electron chi connectivity index (χ3n) is 3.02. The second kappa shape index (κ2) is 5.73.